The van der Waals surface area contributed by atoms with E-state index in [0.717, 1.165) is 23.1 Å². The van der Waals surface area contributed by atoms with Gasteiger partial charge in [0.25, 0.3) is 5.91 Å². The average molecular weight is 383 g/mol. The monoisotopic (exact) mass is 383 g/mol. The molecule has 0 aliphatic carbocycles. The molecule has 0 spiro atoms. The van der Waals surface area contributed by atoms with Crippen LogP contribution in [0.2, 0.25) is 0 Å². The van der Waals surface area contributed by atoms with Crippen LogP contribution in [0.4, 0.5) is 23.7 Å². The van der Waals surface area contributed by atoms with Gasteiger partial charge in [0.15, 0.2) is 0 Å². The molecule has 4 rings (SSSR count). The molecule has 1 aromatic carbocycles. The summed E-state index contributed by atoms with van der Waals surface area (Å²) in [4.78, 5) is 41.5. The third-order valence-corrected chi connectivity index (χ3v) is 5.28. The molecule has 0 saturated carbocycles. The number of imide groups is 1. The summed E-state index contributed by atoms with van der Waals surface area (Å²) < 4.78 is 43.8. The molecule has 0 unspecified atom stereocenters. The highest BCUT2D eigenvalue weighted by molar-refractivity contribution is 6.22. The third-order valence-electron chi connectivity index (χ3n) is 5.28. The standard InChI is InChI=1S/C17H16F3N3O4/c1-27-8-13(24)21-7-11-6-12(21)14-15(25)23(16(26)22(11)14)10-4-2-3-9(5-10)17(18,19)20/h2-5,11-12,14H,6-8H2,1H3/t11-,12-,14+/m0/s1. The predicted molar refractivity (Wildman–Crippen MR) is 85.7 cm³/mol. The lowest BCUT2D eigenvalue weighted by molar-refractivity contribution is -0.139. The number of carbonyl (C=O) groups is 3. The van der Waals surface area contributed by atoms with Gasteiger partial charge in [-0.1, -0.05) is 6.07 Å². The van der Waals surface area contributed by atoms with Crippen molar-refractivity contribution in [3.63, 3.8) is 0 Å². The van der Waals surface area contributed by atoms with Crippen molar-refractivity contribution in [3.05, 3.63) is 29.8 Å². The number of amides is 4. The fourth-order valence-corrected chi connectivity index (χ4v) is 4.21. The molecule has 3 heterocycles. The Morgan fingerprint density at radius 3 is 2.70 bits per heavy atom. The Hall–Kier alpha value is -2.62. The minimum absolute atomic E-state index is 0.122. The molecule has 7 nitrogen and oxygen atoms in total. The summed E-state index contributed by atoms with van der Waals surface area (Å²) >= 11 is 0. The molecule has 3 saturated heterocycles. The van der Waals surface area contributed by atoms with Gasteiger partial charge in [-0.3, -0.25) is 9.59 Å². The molecule has 2 bridgehead atoms. The first-order chi connectivity index (χ1) is 12.7. The molecule has 3 aliphatic heterocycles. The van der Waals surface area contributed by atoms with Gasteiger partial charge in [-0.2, -0.15) is 13.2 Å². The summed E-state index contributed by atoms with van der Waals surface area (Å²) in [7, 11) is 1.39. The fraction of sp³-hybridized carbons (Fsp3) is 0.471. The van der Waals surface area contributed by atoms with E-state index >= 15 is 0 Å². The smallest absolute Gasteiger partial charge is 0.375 e. The molecule has 0 N–H and O–H groups in total. The molecule has 1 aromatic rings. The normalized spacial score (nSPS) is 27.0. The lowest BCUT2D eigenvalue weighted by Crippen LogP contribution is -2.55. The zero-order chi connectivity index (χ0) is 19.5. The molecule has 0 radical (unpaired) electrons. The Morgan fingerprint density at radius 2 is 2.04 bits per heavy atom. The van der Waals surface area contributed by atoms with Crippen molar-refractivity contribution in [1.82, 2.24) is 9.80 Å². The quantitative estimate of drug-likeness (QED) is 0.742. The minimum atomic E-state index is -4.58. The summed E-state index contributed by atoms with van der Waals surface area (Å²) in [5.41, 5.74) is -1.06. The number of hydrogen-bond acceptors (Lipinski definition) is 4. The van der Waals surface area contributed by atoms with Crippen molar-refractivity contribution < 1.29 is 32.3 Å². The Kier molecular flexibility index (Phi) is 3.91. The molecule has 3 aliphatic rings. The summed E-state index contributed by atoms with van der Waals surface area (Å²) in [6, 6.07) is 1.80. The van der Waals surface area contributed by atoms with E-state index in [1.807, 2.05) is 0 Å². The number of rotatable bonds is 3. The second kappa shape index (κ2) is 5.95. The molecule has 27 heavy (non-hydrogen) atoms. The number of piperazine rings is 1. The van der Waals surface area contributed by atoms with Gasteiger partial charge in [0.05, 0.1) is 23.3 Å². The summed E-state index contributed by atoms with van der Waals surface area (Å²) in [6.45, 7) is 0.161. The number of hydrogen-bond donors (Lipinski definition) is 0. The number of halogens is 3. The number of fused-ring (bicyclic) bond motifs is 5. The molecule has 4 amide bonds. The first kappa shape index (κ1) is 17.8. The number of anilines is 1. The number of urea groups is 1. The van der Waals surface area contributed by atoms with Crippen LogP contribution < -0.4 is 4.90 Å². The molecular formula is C17H16F3N3O4. The first-order valence-corrected chi connectivity index (χ1v) is 8.36. The van der Waals surface area contributed by atoms with Gasteiger partial charge < -0.3 is 14.5 Å². The number of nitrogens with zero attached hydrogens (tertiary/aromatic N) is 3. The van der Waals surface area contributed by atoms with Gasteiger partial charge in [0, 0.05) is 13.7 Å². The van der Waals surface area contributed by atoms with E-state index in [2.05, 4.69) is 0 Å². The van der Waals surface area contributed by atoms with Gasteiger partial charge in [-0.15, -0.1) is 0 Å². The number of benzene rings is 1. The maximum Gasteiger partial charge on any atom is 0.416 e. The van der Waals surface area contributed by atoms with Crippen molar-refractivity contribution in [2.24, 2.45) is 0 Å². The van der Waals surface area contributed by atoms with Crippen LogP contribution in [0.15, 0.2) is 24.3 Å². The van der Waals surface area contributed by atoms with Crippen molar-refractivity contribution in [2.75, 3.05) is 25.2 Å². The Bertz CT molecular complexity index is 828. The van der Waals surface area contributed by atoms with Gasteiger partial charge in [0.1, 0.15) is 12.6 Å². The van der Waals surface area contributed by atoms with Crippen LogP contribution >= 0.6 is 0 Å². The van der Waals surface area contributed by atoms with E-state index in [1.54, 1.807) is 0 Å². The minimum Gasteiger partial charge on any atom is -0.375 e. The second-order valence-corrected chi connectivity index (χ2v) is 6.79. The maximum atomic E-state index is 13.0. The fourth-order valence-electron chi connectivity index (χ4n) is 4.21. The van der Waals surface area contributed by atoms with E-state index in [-0.39, 0.29) is 24.2 Å². The van der Waals surface area contributed by atoms with Crippen LogP contribution in [0.1, 0.15) is 12.0 Å². The highest BCUT2D eigenvalue weighted by Crippen LogP contribution is 2.43. The van der Waals surface area contributed by atoms with E-state index in [1.165, 1.54) is 23.0 Å². The topological polar surface area (TPSA) is 70.2 Å². The highest BCUT2D eigenvalue weighted by atomic mass is 19.4. The van der Waals surface area contributed by atoms with E-state index < -0.39 is 35.8 Å². The van der Waals surface area contributed by atoms with Gasteiger partial charge >= 0.3 is 12.2 Å². The molecular weight excluding hydrogens is 367 g/mol. The van der Waals surface area contributed by atoms with E-state index in [0.29, 0.717) is 13.0 Å². The zero-order valence-electron chi connectivity index (χ0n) is 14.3. The number of alkyl halides is 3. The van der Waals surface area contributed by atoms with Gasteiger partial charge in [-0.05, 0) is 24.6 Å². The Morgan fingerprint density at radius 1 is 1.30 bits per heavy atom. The molecule has 3 atom stereocenters. The first-order valence-electron chi connectivity index (χ1n) is 8.36. The number of ether oxygens (including phenoxy) is 1. The van der Waals surface area contributed by atoms with Crippen molar-refractivity contribution >= 4 is 23.5 Å². The van der Waals surface area contributed by atoms with Gasteiger partial charge in [-0.25, -0.2) is 9.69 Å². The van der Waals surface area contributed by atoms with Crippen LogP contribution in [0.5, 0.6) is 0 Å². The molecule has 0 aromatic heterocycles. The van der Waals surface area contributed by atoms with Crippen LogP contribution in [-0.4, -0.2) is 66.0 Å². The van der Waals surface area contributed by atoms with Crippen molar-refractivity contribution in [1.29, 1.82) is 0 Å². The van der Waals surface area contributed by atoms with Crippen molar-refractivity contribution in [3.8, 4) is 0 Å². The predicted octanol–water partition coefficient (Wildman–Crippen LogP) is 1.47. The maximum absolute atomic E-state index is 13.0. The van der Waals surface area contributed by atoms with Crippen LogP contribution in [-0.2, 0) is 20.5 Å². The van der Waals surface area contributed by atoms with E-state index in [4.69, 9.17) is 4.74 Å². The van der Waals surface area contributed by atoms with Crippen molar-refractivity contribution in [2.45, 2.75) is 30.7 Å². The molecule has 10 heteroatoms. The number of carbonyl (C=O) groups excluding carboxylic acids is 3. The SMILES string of the molecule is COCC(=O)N1C[C@@H]2C[C@H]1[C@@H]1C(=O)N(c3cccc(C(F)(F)F)c3)C(=O)N21. The third kappa shape index (κ3) is 2.58. The number of methoxy groups -OCH3 is 1. The van der Waals surface area contributed by atoms with Crippen LogP contribution in [0, 0.1) is 0 Å². The average Bonchev–Trinajstić information content (AvgIpc) is 3.26. The lowest BCUT2D eigenvalue weighted by Gasteiger charge is -2.34. The van der Waals surface area contributed by atoms with Crippen LogP contribution in [0.25, 0.3) is 0 Å². The van der Waals surface area contributed by atoms with Gasteiger partial charge in [0.2, 0.25) is 5.91 Å². The molecule has 144 valence electrons. The Balaban J connectivity index is 1.64. The second-order valence-electron chi connectivity index (χ2n) is 6.79. The summed E-state index contributed by atoms with van der Waals surface area (Å²) in [6.07, 6.45) is -4.10. The highest BCUT2D eigenvalue weighted by Gasteiger charge is 2.62. The Labute approximate surface area is 152 Å². The molecule has 3 fully saturated rings. The van der Waals surface area contributed by atoms with E-state index in [9.17, 15) is 27.6 Å². The van der Waals surface area contributed by atoms with Crippen LogP contribution in [0.3, 0.4) is 0 Å². The zero-order valence-corrected chi connectivity index (χ0v) is 14.3. The lowest BCUT2D eigenvalue weighted by atomic mass is 10.1. The largest absolute Gasteiger partial charge is 0.416 e. The summed E-state index contributed by atoms with van der Waals surface area (Å²) in [5.74, 6) is -0.885. The number of likely N-dealkylation sites (tertiary alicyclic amines) is 1. The summed E-state index contributed by atoms with van der Waals surface area (Å²) in [5, 5.41) is 0.